The van der Waals surface area contributed by atoms with E-state index in [-0.39, 0.29) is 11.9 Å². The Morgan fingerprint density at radius 1 is 1.44 bits per heavy atom. The second-order valence-corrected chi connectivity index (χ2v) is 4.15. The zero-order valence-electron chi connectivity index (χ0n) is 9.53. The van der Waals surface area contributed by atoms with E-state index in [0.717, 1.165) is 0 Å². The van der Waals surface area contributed by atoms with E-state index in [1.807, 2.05) is 6.92 Å². The second kappa shape index (κ2) is 4.47. The minimum absolute atomic E-state index is 0.144. The number of aromatic nitrogens is 2. The highest BCUT2D eigenvalue weighted by Crippen LogP contribution is 2.32. The van der Waals surface area contributed by atoms with Gasteiger partial charge in [0.15, 0.2) is 5.69 Å². The van der Waals surface area contributed by atoms with Crippen LogP contribution < -0.4 is 10.6 Å². The van der Waals surface area contributed by atoms with Crippen LogP contribution in [0, 0.1) is 5.92 Å². The van der Waals surface area contributed by atoms with Gasteiger partial charge < -0.3 is 10.6 Å². The van der Waals surface area contributed by atoms with Crippen molar-refractivity contribution in [2.24, 2.45) is 5.92 Å². The lowest BCUT2D eigenvalue weighted by molar-refractivity contribution is 0.0930. The van der Waals surface area contributed by atoms with Crippen molar-refractivity contribution in [1.29, 1.82) is 0 Å². The fourth-order valence-corrected chi connectivity index (χ4v) is 1.58. The lowest BCUT2D eigenvalue weighted by Gasteiger charge is -2.11. The van der Waals surface area contributed by atoms with E-state index < -0.39 is 0 Å². The molecule has 1 amide bonds. The Morgan fingerprint density at radius 3 is 2.69 bits per heavy atom. The number of hydrogen-bond acceptors (Lipinski definition) is 4. The van der Waals surface area contributed by atoms with Crippen LogP contribution >= 0.6 is 0 Å². The number of anilines is 1. The van der Waals surface area contributed by atoms with Crippen LogP contribution in [0.1, 0.15) is 30.3 Å². The van der Waals surface area contributed by atoms with Gasteiger partial charge in [0.05, 0.1) is 0 Å². The average molecular weight is 220 g/mol. The molecular formula is C11H16N4O. The van der Waals surface area contributed by atoms with Crippen LogP contribution in [0.3, 0.4) is 0 Å². The Kier molecular flexibility index (Phi) is 3.03. The minimum atomic E-state index is -0.144. The third-order valence-electron chi connectivity index (χ3n) is 2.84. The van der Waals surface area contributed by atoms with Crippen molar-refractivity contribution in [3.8, 4) is 0 Å². The third kappa shape index (κ3) is 2.48. The Hall–Kier alpha value is -1.65. The van der Waals surface area contributed by atoms with Gasteiger partial charge in [-0.1, -0.05) is 0 Å². The lowest BCUT2D eigenvalue weighted by Crippen LogP contribution is -2.34. The van der Waals surface area contributed by atoms with Gasteiger partial charge in [0, 0.05) is 13.1 Å². The maximum absolute atomic E-state index is 11.8. The molecule has 0 bridgehead atoms. The van der Waals surface area contributed by atoms with E-state index >= 15 is 0 Å². The van der Waals surface area contributed by atoms with E-state index in [9.17, 15) is 4.79 Å². The van der Waals surface area contributed by atoms with Crippen molar-refractivity contribution in [2.45, 2.75) is 25.8 Å². The van der Waals surface area contributed by atoms with Crippen LogP contribution in [0.4, 0.5) is 5.82 Å². The van der Waals surface area contributed by atoms with Crippen molar-refractivity contribution in [3.63, 3.8) is 0 Å². The molecule has 0 aromatic carbocycles. The largest absolute Gasteiger partial charge is 0.372 e. The van der Waals surface area contributed by atoms with Gasteiger partial charge >= 0.3 is 0 Å². The molecule has 5 nitrogen and oxygen atoms in total. The molecule has 1 fully saturated rings. The highest BCUT2D eigenvalue weighted by Gasteiger charge is 2.29. The summed E-state index contributed by atoms with van der Waals surface area (Å²) in [5.74, 6) is 1.16. The van der Waals surface area contributed by atoms with Gasteiger partial charge in [-0.25, -0.2) is 0 Å². The Balaban J connectivity index is 1.96. The first kappa shape index (κ1) is 10.9. The summed E-state index contributed by atoms with van der Waals surface area (Å²) in [7, 11) is 1.76. The molecule has 1 aromatic rings. The molecule has 1 aliphatic carbocycles. The molecule has 0 saturated heterocycles. The van der Waals surface area contributed by atoms with Gasteiger partial charge in [-0.05, 0) is 37.8 Å². The topological polar surface area (TPSA) is 66.9 Å². The fraction of sp³-hybridized carbons (Fsp3) is 0.545. The molecule has 0 aliphatic heterocycles. The highest BCUT2D eigenvalue weighted by molar-refractivity contribution is 5.92. The molecule has 1 aromatic heterocycles. The minimum Gasteiger partial charge on any atom is -0.372 e. The SMILES string of the molecule is CNc1ccc(C(=O)NC(C)C2CC2)nn1. The molecule has 1 heterocycles. The van der Waals surface area contributed by atoms with Crippen molar-refractivity contribution >= 4 is 11.7 Å². The second-order valence-electron chi connectivity index (χ2n) is 4.15. The fourth-order valence-electron chi connectivity index (χ4n) is 1.58. The first-order valence-electron chi connectivity index (χ1n) is 5.53. The molecule has 1 saturated carbocycles. The molecule has 2 N–H and O–H groups in total. The van der Waals surface area contributed by atoms with Crippen LogP contribution in [0.25, 0.3) is 0 Å². The van der Waals surface area contributed by atoms with Crippen LogP contribution in [0.2, 0.25) is 0 Å². The molecule has 5 heteroatoms. The van der Waals surface area contributed by atoms with E-state index in [1.165, 1.54) is 12.8 Å². The van der Waals surface area contributed by atoms with Gasteiger partial charge in [-0.15, -0.1) is 10.2 Å². The smallest absolute Gasteiger partial charge is 0.272 e. The molecule has 1 aliphatic rings. The van der Waals surface area contributed by atoms with Crippen molar-refractivity contribution in [2.75, 3.05) is 12.4 Å². The van der Waals surface area contributed by atoms with Crippen LogP contribution in [0.5, 0.6) is 0 Å². The van der Waals surface area contributed by atoms with E-state index in [2.05, 4.69) is 20.8 Å². The van der Waals surface area contributed by atoms with Crippen molar-refractivity contribution in [1.82, 2.24) is 15.5 Å². The lowest BCUT2D eigenvalue weighted by atomic mass is 10.2. The predicted octanol–water partition coefficient (Wildman–Crippen LogP) is 1.05. The summed E-state index contributed by atoms with van der Waals surface area (Å²) in [6.45, 7) is 2.03. The predicted molar refractivity (Wildman–Crippen MR) is 61.2 cm³/mol. The third-order valence-corrected chi connectivity index (χ3v) is 2.84. The Morgan fingerprint density at radius 2 is 2.19 bits per heavy atom. The van der Waals surface area contributed by atoms with Gasteiger partial charge in [-0.3, -0.25) is 4.79 Å². The highest BCUT2D eigenvalue weighted by atomic mass is 16.2. The number of nitrogens with zero attached hydrogens (tertiary/aromatic N) is 2. The summed E-state index contributed by atoms with van der Waals surface area (Å²) < 4.78 is 0. The van der Waals surface area contributed by atoms with Crippen molar-refractivity contribution < 1.29 is 4.79 Å². The summed E-state index contributed by atoms with van der Waals surface area (Å²) in [5.41, 5.74) is 0.367. The van der Waals surface area contributed by atoms with Crippen LogP contribution in [-0.4, -0.2) is 29.2 Å². The zero-order valence-corrected chi connectivity index (χ0v) is 9.53. The zero-order chi connectivity index (χ0) is 11.5. The molecule has 0 radical (unpaired) electrons. The standard InChI is InChI=1S/C11H16N4O/c1-7(8-3-4-8)13-11(16)9-5-6-10(12-2)15-14-9/h5-8H,3-4H2,1-2H3,(H,12,15)(H,13,16). The number of hydrogen-bond donors (Lipinski definition) is 2. The summed E-state index contributed by atoms with van der Waals surface area (Å²) in [5, 5.41) is 13.5. The van der Waals surface area contributed by atoms with E-state index in [0.29, 0.717) is 17.4 Å². The molecule has 1 atom stereocenters. The monoisotopic (exact) mass is 220 g/mol. The number of nitrogens with one attached hydrogen (secondary N) is 2. The molecule has 16 heavy (non-hydrogen) atoms. The first-order chi connectivity index (χ1) is 7.70. The van der Waals surface area contributed by atoms with Gasteiger partial charge in [0.1, 0.15) is 5.82 Å². The summed E-state index contributed by atoms with van der Waals surface area (Å²) in [4.78, 5) is 11.8. The summed E-state index contributed by atoms with van der Waals surface area (Å²) in [6, 6.07) is 3.65. The Labute approximate surface area is 94.6 Å². The summed E-state index contributed by atoms with van der Waals surface area (Å²) in [6.07, 6.45) is 2.43. The average Bonchev–Trinajstić information content (AvgIpc) is 3.13. The maximum Gasteiger partial charge on any atom is 0.272 e. The van der Waals surface area contributed by atoms with E-state index in [4.69, 9.17) is 0 Å². The molecule has 1 unspecified atom stereocenters. The quantitative estimate of drug-likeness (QED) is 0.795. The summed E-state index contributed by atoms with van der Waals surface area (Å²) >= 11 is 0. The van der Waals surface area contributed by atoms with Gasteiger partial charge in [0.25, 0.3) is 5.91 Å². The van der Waals surface area contributed by atoms with Crippen molar-refractivity contribution in [3.05, 3.63) is 17.8 Å². The Bertz CT molecular complexity index is 372. The number of carbonyl (C=O) groups is 1. The molecule has 2 rings (SSSR count). The van der Waals surface area contributed by atoms with E-state index in [1.54, 1.807) is 19.2 Å². The normalized spacial score (nSPS) is 16.6. The maximum atomic E-state index is 11.8. The first-order valence-corrected chi connectivity index (χ1v) is 5.53. The number of rotatable bonds is 4. The van der Waals surface area contributed by atoms with Crippen LogP contribution in [0.15, 0.2) is 12.1 Å². The number of carbonyl (C=O) groups excluding carboxylic acids is 1. The molecular weight excluding hydrogens is 204 g/mol. The molecule has 0 spiro atoms. The van der Waals surface area contributed by atoms with Gasteiger partial charge in [-0.2, -0.15) is 0 Å². The molecule has 86 valence electrons. The van der Waals surface area contributed by atoms with Crippen LogP contribution in [-0.2, 0) is 0 Å². The van der Waals surface area contributed by atoms with Gasteiger partial charge in [0.2, 0.25) is 0 Å². The number of amides is 1.